The molecule has 0 fully saturated rings. The number of imidazole rings is 1. The summed E-state index contributed by atoms with van der Waals surface area (Å²) < 4.78 is 12.8. The minimum atomic E-state index is -0.337. The molecule has 5 rings (SSSR count). The number of urea groups is 1. The summed E-state index contributed by atoms with van der Waals surface area (Å²) in [7, 11) is 3.13. The van der Waals surface area contributed by atoms with Gasteiger partial charge in [0, 0.05) is 29.5 Å². The van der Waals surface area contributed by atoms with E-state index >= 15 is 0 Å². The average Bonchev–Trinajstić information content (AvgIpc) is 3.31. The third-order valence-electron chi connectivity index (χ3n) is 6.14. The molecule has 0 atom stereocenters. The van der Waals surface area contributed by atoms with E-state index in [9.17, 15) is 4.79 Å². The van der Waals surface area contributed by atoms with Gasteiger partial charge < -0.3 is 20.1 Å². The van der Waals surface area contributed by atoms with Gasteiger partial charge in [0.2, 0.25) is 0 Å². The fourth-order valence-electron chi connectivity index (χ4n) is 4.33. The van der Waals surface area contributed by atoms with E-state index in [2.05, 4.69) is 33.4 Å². The van der Waals surface area contributed by atoms with Crippen LogP contribution in [0.2, 0.25) is 0 Å². The maximum atomic E-state index is 12.5. The Kier molecular flexibility index (Phi) is 7.03. The lowest BCUT2D eigenvalue weighted by atomic mass is 10.1. The number of benzene rings is 4. The van der Waals surface area contributed by atoms with E-state index in [1.165, 1.54) is 0 Å². The number of amides is 2. The number of fused-ring (bicyclic) bond motifs is 1. The van der Waals surface area contributed by atoms with Crippen LogP contribution in [0.1, 0.15) is 11.4 Å². The van der Waals surface area contributed by atoms with Gasteiger partial charge >= 0.3 is 6.03 Å². The molecule has 2 amide bonds. The molecule has 0 aliphatic carbocycles. The molecule has 37 heavy (non-hydrogen) atoms. The molecule has 1 heterocycles. The Hall–Kier alpha value is -4.78. The molecule has 186 valence electrons. The SMILES string of the molecule is COc1ccc(NC(=O)Nc2ccc(CCc3nc4ccccc4n3-c3ccccc3)cc2)cc1OC. The summed E-state index contributed by atoms with van der Waals surface area (Å²) in [5.41, 5.74) is 5.67. The van der Waals surface area contributed by atoms with Gasteiger partial charge in [0.05, 0.1) is 25.3 Å². The van der Waals surface area contributed by atoms with Crippen molar-refractivity contribution in [2.75, 3.05) is 24.9 Å². The highest BCUT2D eigenvalue weighted by molar-refractivity contribution is 5.99. The van der Waals surface area contributed by atoms with Crippen molar-refractivity contribution in [1.29, 1.82) is 0 Å². The predicted octanol–water partition coefficient (Wildman–Crippen LogP) is 6.47. The first kappa shape index (κ1) is 23.9. The second kappa shape index (κ2) is 10.9. The molecule has 0 saturated carbocycles. The average molecular weight is 493 g/mol. The summed E-state index contributed by atoms with van der Waals surface area (Å²) in [6.45, 7) is 0. The van der Waals surface area contributed by atoms with Crippen molar-refractivity contribution in [2.24, 2.45) is 0 Å². The lowest BCUT2D eigenvalue weighted by Crippen LogP contribution is -2.19. The van der Waals surface area contributed by atoms with Crippen LogP contribution in [-0.2, 0) is 12.8 Å². The molecule has 0 aliphatic rings. The van der Waals surface area contributed by atoms with Crippen LogP contribution in [0.5, 0.6) is 11.5 Å². The largest absolute Gasteiger partial charge is 0.493 e. The summed E-state index contributed by atoms with van der Waals surface area (Å²) in [6.07, 6.45) is 1.62. The quantitative estimate of drug-likeness (QED) is 0.260. The van der Waals surface area contributed by atoms with E-state index in [-0.39, 0.29) is 6.03 Å². The Labute approximate surface area is 215 Å². The van der Waals surface area contributed by atoms with E-state index in [0.717, 1.165) is 41.0 Å². The van der Waals surface area contributed by atoms with E-state index < -0.39 is 0 Å². The number of aryl methyl sites for hydroxylation is 2. The standard InChI is InChI=1S/C30H28N4O3/c1-36-27-18-17-23(20-28(27)37-2)32-30(35)31-22-15-12-21(13-16-22)14-19-29-33-25-10-6-7-11-26(25)34(29)24-8-4-3-5-9-24/h3-13,15-18,20H,14,19H2,1-2H3,(H2,31,32,35). The number of nitrogens with one attached hydrogen (secondary N) is 2. The number of para-hydroxylation sites is 3. The highest BCUT2D eigenvalue weighted by Crippen LogP contribution is 2.30. The summed E-state index contributed by atoms with van der Waals surface area (Å²) in [5, 5.41) is 5.68. The Morgan fingerprint density at radius 1 is 0.757 bits per heavy atom. The number of hydrogen-bond donors (Lipinski definition) is 2. The van der Waals surface area contributed by atoms with Crippen molar-refractivity contribution in [3.63, 3.8) is 0 Å². The molecular formula is C30H28N4O3. The van der Waals surface area contributed by atoms with Crippen LogP contribution in [0.3, 0.4) is 0 Å². The zero-order valence-corrected chi connectivity index (χ0v) is 20.8. The van der Waals surface area contributed by atoms with Crippen LogP contribution in [-0.4, -0.2) is 29.8 Å². The topological polar surface area (TPSA) is 77.4 Å². The van der Waals surface area contributed by atoms with Crippen LogP contribution in [0.15, 0.2) is 97.1 Å². The molecule has 2 N–H and O–H groups in total. The van der Waals surface area contributed by atoms with Crippen molar-refractivity contribution < 1.29 is 14.3 Å². The third kappa shape index (κ3) is 5.41. The maximum Gasteiger partial charge on any atom is 0.323 e. The number of nitrogens with zero attached hydrogens (tertiary/aromatic N) is 2. The monoisotopic (exact) mass is 492 g/mol. The number of carbonyl (C=O) groups is 1. The molecule has 1 aromatic heterocycles. The molecule has 7 nitrogen and oxygen atoms in total. The smallest absolute Gasteiger partial charge is 0.323 e. The Morgan fingerprint density at radius 3 is 2.19 bits per heavy atom. The van der Waals surface area contributed by atoms with Gasteiger partial charge in [-0.05, 0) is 60.5 Å². The number of ether oxygens (including phenoxy) is 2. The zero-order valence-electron chi connectivity index (χ0n) is 20.8. The molecular weight excluding hydrogens is 464 g/mol. The fraction of sp³-hybridized carbons (Fsp3) is 0.133. The number of rotatable bonds is 8. The van der Waals surface area contributed by atoms with Crippen LogP contribution >= 0.6 is 0 Å². The van der Waals surface area contributed by atoms with Crippen molar-refractivity contribution in [1.82, 2.24) is 9.55 Å². The van der Waals surface area contributed by atoms with Crippen molar-refractivity contribution in [3.8, 4) is 17.2 Å². The minimum Gasteiger partial charge on any atom is -0.493 e. The Morgan fingerprint density at radius 2 is 1.43 bits per heavy atom. The van der Waals surface area contributed by atoms with Crippen molar-refractivity contribution >= 4 is 28.4 Å². The molecule has 0 saturated heterocycles. The van der Waals surface area contributed by atoms with Gasteiger partial charge in [0.1, 0.15) is 5.82 Å². The molecule has 4 aromatic carbocycles. The van der Waals surface area contributed by atoms with Crippen LogP contribution < -0.4 is 20.1 Å². The summed E-state index contributed by atoms with van der Waals surface area (Å²) in [5.74, 6) is 2.16. The highest BCUT2D eigenvalue weighted by Gasteiger charge is 2.12. The molecule has 0 radical (unpaired) electrons. The number of carbonyl (C=O) groups excluding carboxylic acids is 1. The first-order chi connectivity index (χ1) is 18.1. The van der Waals surface area contributed by atoms with Gasteiger partial charge in [-0.1, -0.05) is 42.5 Å². The van der Waals surface area contributed by atoms with Crippen LogP contribution in [0.4, 0.5) is 16.2 Å². The van der Waals surface area contributed by atoms with Crippen LogP contribution in [0.25, 0.3) is 16.7 Å². The fourth-order valence-corrected chi connectivity index (χ4v) is 4.33. The highest BCUT2D eigenvalue weighted by atomic mass is 16.5. The minimum absolute atomic E-state index is 0.337. The van der Waals surface area contributed by atoms with Gasteiger partial charge in [-0.15, -0.1) is 0 Å². The van der Waals surface area contributed by atoms with E-state index in [1.54, 1.807) is 32.4 Å². The lowest BCUT2D eigenvalue weighted by molar-refractivity contribution is 0.262. The van der Waals surface area contributed by atoms with Gasteiger partial charge in [-0.3, -0.25) is 4.57 Å². The summed E-state index contributed by atoms with van der Waals surface area (Å²) in [6, 6.07) is 31.3. The normalized spacial score (nSPS) is 10.8. The van der Waals surface area contributed by atoms with Gasteiger partial charge in [-0.2, -0.15) is 0 Å². The molecule has 5 aromatic rings. The van der Waals surface area contributed by atoms with Gasteiger partial charge in [-0.25, -0.2) is 9.78 Å². The Balaban J connectivity index is 1.24. The predicted molar refractivity (Wildman–Crippen MR) is 147 cm³/mol. The first-order valence-corrected chi connectivity index (χ1v) is 12.1. The lowest BCUT2D eigenvalue weighted by Gasteiger charge is -2.12. The maximum absolute atomic E-state index is 12.5. The van der Waals surface area contributed by atoms with Gasteiger partial charge in [0.15, 0.2) is 11.5 Å². The number of anilines is 2. The second-order valence-electron chi connectivity index (χ2n) is 8.53. The Bertz CT molecular complexity index is 1510. The van der Waals surface area contributed by atoms with Gasteiger partial charge in [0.25, 0.3) is 0 Å². The van der Waals surface area contributed by atoms with E-state index in [0.29, 0.717) is 22.9 Å². The summed E-state index contributed by atoms with van der Waals surface area (Å²) in [4.78, 5) is 17.4. The van der Waals surface area contributed by atoms with E-state index in [4.69, 9.17) is 14.5 Å². The molecule has 0 spiro atoms. The first-order valence-electron chi connectivity index (χ1n) is 12.1. The molecule has 0 unspecified atom stereocenters. The summed E-state index contributed by atoms with van der Waals surface area (Å²) >= 11 is 0. The van der Waals surface area contributed by atoms with Crippen molar-refractivity contribution in [2.45, 2.75) is 12.8 Å². The van der Waals surface area contributed by atoms with Crippen molar-refractivity contribution in [3.05, 3.63) is 108 Å². The molecule has 0 bridgehead atoms. The molecule has 7 heteroatoms. The number of hydrogen-bond acceptors (Lipinski definition) is 4. The number of aromatic nitrogens is 2. The second-order valence-corrected chi connectivity index (χ2v) is 8.53. The van der Waals surface area contributed by atoms with Crippen LogP contribution in [0, 0.1) is 0 Å². The number of methoxy groups -OCH3 is 2. The molecule has 0 aliphatic heterocycles. The van der Waals surface area contributed by atoms with E-state index in [1.807, 2.05) is 60.7 Å². The third-order valence-corrected chi connectivity index (χ3v) is 6.14. The zero-order chi connectivity index (χ0) is 25.6.